The van der Waals surface area contributed by atoms with Crippen molar-refractivity contribution < 1.29 is 5.11 Å². The van der Waals surface area contributed by atoms with Crippen LogP contribution in [-0.4, -0.2) is 24.1 Å². The molecule has 2 nitrogen and oxygen atoms in total. The number of hydrogen-bond donors (Lipinski definition) is 1. The van der Waals surface area contributed by atoms with E-state index in [0.29, 0.717) is 5.70 Å². The van der Waals surface area contributed by atoms with Gasteiger partial charge in [0.2, 0.25) is 0 Å². The molecule has 0 aromatic heterocycles. The first kappa shape index (κ1) is 10.4. The summed E-state index contributed by atoms with van der Waals surface area (Å²) in [7, 11) is 3.73. The topological polar surface area (TPSA) is 23.5 Å². The summed E-state index contributed by atoms with van der Waals surface area (Å²) in [4.78, 5) is 1.83. The van der Waals surface area contributed by atoms with E-state index in [-0.39, 0.29) is 5.76 Å². The molecule has 0 radical (unpaired) electrons. The lowest BCUT2D eigenvalue weighted by Gasteiger charge is -2.16. The smallest absolute Gasteiger partial charge is 0.132 e. The Morgan fingerprint density at radius 1 is 1.29 bits per heavy atom. The van der Waals surface area contributed by atoms with E-state index in [9.17, 15) is 5.11 Å². The zero-order valence-corrected chi connectivity index (χ0v) is 8.62. The standard InChI is InChI=1S/C12H15NO/c1-9-7-5-6-8-11(9)12(10(2)14)13(3)4/h5-8,14H,1-2H2,3-4H3/b12-11+. The van der Waals surface area contributed by atoms with E-state index in [1.54, 1.807) is 0 Å². The Kier molecular flexibility index (Phi) is 2.97. The fourth-order valence-corrected chi connectivity index (χ4v) is 1.41. The molecule has 0 saturated heterocycles. The molecule has 1 aromatic carbocycles. The number of hydrogen-bond acceptors (Lipinski definition) is 2. The van der Waals surface area contributed by atoms with E-state index >= 15 is 0 Å². The van der Waals surface area contributed by atoms with Gasteiger partial charge in [-0.1, -0.05) is 37.4 Å². The van der Waals surface area contributed by atoms with Crippen molar-refractivity contribution in [3.05, 3.63) is 47.0 Å². The van der Waals surface area contributed by atoms with E-state index < -0.39 is 0 Å². The van der Waals surface area contributed by atoms with Gasteiger partial charge in [0, 0.05) is 19.3 Å². The van der Waals surface area contributed by atoms with Crippen molar-refractivity contribution in [3.63, 3.8) is 0 Å². The Bertz CT molecular complexity index is 446. The maximum atomic E-state index is 9.46. The molecule has 0 unspecified atom stereocenters. The molecule has 0 amide bonds. The molecule has 0 saturated carbocycles. The van der Waals surface area contributed by atoms with Crippen LogP contribution in [0.1, 0.15) is 0 Å². The SMILES string of the molecule is C=C(O)/C(=c1/ccccc1=C)N(C)C. The van der Waals surface area contributed by atoms with Crippen LogP contribution in [0.2, 0.25) is 0 Å². The molecule has 0 aliphatic heterocycles. The summed E-state index contributed by atoms with van der Waals surface area (Å²) in [6, 6.07) is 7.65. The molecule has 0 spiro atoms. The average Bonchev–Trinajstić information content (AvgIpc) is 2.07. The average molecular weight is 189 g/mol. The Morgan fingerprint density at radius 2 is 1.86 bits per heavy atom. The molecular weight excluding hydrogens is 174 g/mol. The van der Waals surface area contributed by atoms with Crippen molar-refractivity contribution in [2.24, 2.45) is 0 Å². The van der Waals surface area contributed by atoms with E-state index in [1.165, 1.54) is 0 Å². The predicted molar refractivity (Wildman–Crippen MR) is 60.1 cm³/mol. The second-order valence-electron chi connectivity index (χ2n) is 3.35. The lowest BCUT2D eigenvalue weighted by atomic mass is 10.2. The fourth-order valence-electron chi connectivity index (χ4n) is 1.41. The van der Waals surface area contributed by atoms with Crippen molar-refractivity contribution >= 4 is 12.3 Å². The fraction of sp³-hybridized carbons (Fsp3) is 0.167. The van der Waals surface area contributed by atoms with Crippen LogP contribution in [0, 0.1) is 0 Å². The first-order valence-electron chi connectivity index (χ1n) is 4.38. The summed E-state index contributed by atoms with van der Waals surface area (Å²) in [5, 5.41) is 11.2. The summed E-state index contributed by atoms with van der Waals surface area (Å²) in [6.07, 6.45) is 0. The van der Waals surface area contributed by atoms with Gasteiger partial charge in [-0.2, -0.15) is 0 Å². The minimum absolute atomic E-state index is 0.0612. The van der Waals surface area contributed by atoms with E-state index in [4.69, 9.17) is 0 Å². The normalized spacial score (nSPS) is 12.1. The molecule has 0 aliphatic rings. The Labute approximate surface area is 84.1 Å². The first-order valence-corrected chi connectivity index (χ1v) is 4.38. The van der Waals surface area contributed by atoms with Crippen molar-refractivity contribution in [1.82, 2.24) is 4.90 Å². The van der Waals surface area contributed by atoms with Crippen LogP contribution in [0.4, 0.5) is 0 Å². The Morgan fingerprint density at radius 3 is 2.29 bits per heavy atom. The maximum absolute atomic E-state index is 9.46. The molecule has 0 heterocycles. The highest BCUT2D eigenvalue weighted by molar-refractivity contribution is 5.57. The molecule has 1 N–H and O–H groups in total. The first-order chi connectivity index (χ1) is 6.54. The molecule has 0 atom stereocenters. The van der Waals surface area contributed by atoms with Gasteiger partial charge in [0.25, 0.3) is 0 Å². The van der Waals surface area contributed by atoms with Gasteiger partial charge in [-0.05, 0) is 5.22 Å². The van der Waals surface area contributed by atoms with Gasteiger partial charge in [-0.15, -0.1) is 0 Å². The lowest BCUT2D eigenvalue weighted by molar-refractivity contribution is 0.411. The van der Waals surface area contributed by atoms with Gasteiger partial charge in [0.15, 0.2) is 0 Å². The zero-order valence-electron chi connectivity index (χ0n) is 8.62. The van der Waals surface area contributed by atoms with Gasteiger partial charge in [0.1, 0.15) is 5.76 Å². The summed E-state index contributed by atoms with van der Waals surface area (Å²) in [6.45, 7) is 7.45. The molecule has 0 bridgehead atoms. The van der Waals surface area contributed by atoms with Crippen LogP contribution in [0.5, 0.6) is 0 Å². The second kappa shape index (κ2) is 4.01. The minimum Gasteiger partial charge on any atom is -0.506 e. The third-order valence-electron chi connectivity index (χ3n) is 1.99. The van der Waals surface area contributed by atoms with Crippen molar-refractivity contribution in [1.29, 1.82) is 0 Å². The number of rotatable bonds is 2. The van der Waals surface area contributed by atoms with Crippen molar-refractivity contribution in [3.8, 4) is 0 Å². The van der Waals surface area contributed by atoms with Crippen LogP contribution in [0.15, 0.2) is 36.6 Å². The number of aliphatic hydroxyl groups excluding tert-OH is 1. The monoisotopic (exact) mass is 189 g/mol. The van der Waals surface area contributed by atoms with Gasteiger partial charge >= 0.3 is 0 Å². The van der Waals surface area contributed by atoms with Gasteiger partial charge in [0.05, 0.1) is 5.70 Å². The molecule has 1 rings (SSSR count). The highest BCUT2D eigenvalue weighted by atomic mass is 16.3. The largest absolute Gasteiger partial charge is 0.506 e. The molecule has 0 aliphatic carbocycles. The van der Waals surface area contributed by atoms with Crippen LogP contribution >= 0.6 is 0 Å². The van der Waals surface area contributed by atoms with Crippen LogP contribution < -0.4 is 10.4 Å². The maximum Gasteiger partial charge on any atom is 0.132 e. The summed E-state index contributed by atoms with van der Waals surface area (Å²) < 4.78 is 0. The van der Waals surface area contributed by atoms with E-state index in [1.807, 2.05) is 43.3 Å². The third kappa shape index (κ3) is 1.96. The molecule has 0 fully saturated rings. The summed E-state index contributed by atoms with van der Waals surface area (Å²) in [5.74, 6) is 0.0612. The number of aliphatic hydroxyl groups is 1. The predicted octanol–water partition coefficient (Wildman–Crippen LogP) is 0.838. The van der Waals surface area contributed by atoms with Crippen LogP contribution in [0.3, 0.4) is 0 Å². The minimum atomic E-state index is 0.0612. The quantitative estimate of drug-likeness (QED) is 0.697. The summed E-state index contributed by atoms with van der Waals surface area (Å²) in [5.41, 5.74) is 0.704. The second-order valence-corrected chi connectivity index (χ2v) is 3.35. The highest BCUT2D eigenvalue weighted by Crippen LogP contribution is 2.04. The Hall–Kier alpha value is -1.70. The molecular formula is C12H15NO. The number of benzene rings is 1. The van der Waals surface area contributed by atoms with Gasteiger partial charge in [-0.25, -0.2) is 0 Å². The van der Waals surface area contributed by atoms with Crippen LogP contribution in [-0.2, 0) is 0 Å². The summed E-state index contributed by atoms with van der Waals surface area (Å²) >= 11 is 0. The molecule has 1 aromatic rings. The number of likely N-dealkylation sites (N-methyl/N-ethyl adjacent to an activating group) is 1. The molecule has 14 heavy (non-hydrogen) atoms. The van der Waals surface area contributed by atoms with Crippen LogP contribution in [0.25, 0.3) is 12.3 Å². The Balaban J connectivity index is 3.61. The van der Waals surface area contributed by atoms with E-state index in [2.05, 4.69) is 13.2 Å². The highest BCUT2D eigenvalue weighted by Gasteiger charge is 2.04. The van der Waals surface area contributed by atoms with Gasteiger partial charge in [-0.3, -0.25) is 0 Å². The van der Waals surface area contributed by atoms with Crippen molar-refractivity contribution in [2.75, 3.05) is 14.1 Å². The lowest BCUT2D eigenvalue weighted by Crippen LogP contribution is -2.31. The van der Waals surface area contributed by atoms with E-state index in [0.717, 1.165) is 10.4 Å². The third-order valence-corrected chi connectivity index (χ3v) is 1.99. The molecule has 74 valence electrons. The number of nitrogens with zero attached hydrogens (tertiary/aromatic N) is 1. The zero-order chi connectivity index (χ0) is 10.7. The van der Waals surface area contributed by atoms with Crippen molar-refractivity contribution in [2.45, 2.75) is 0 Å². The van der Waals surface area contributed by atoms with Gasteiger partial charge < -0.3 is 10.0 Å². The molecule has 2 heteroatoms.